The summed E-state index contributed by atoms with van der Waals surface area (Å²) in [6, 6.07) is 8.66. The van der Waals surface area contributed by atoms with Gasteiger partial charge < -0.3 is 9.30 Å². The Hall–Kier alpha value is -2.81. The minimum absolute atomic E-state index is 0.363. The molecule has 0 saturated heterocycles. The Morgan fingerprint density at radius 3 is 2.61 bits per heavy atom. The van der Waals surface area contributed by atoms with Crippen molar-refractivity contribution in [3.8, 4) is 0 Å². The smallest absolute Gasteiger partial charge is 0.112 e. The van der Waals surface area contributed by atoms with Gasteiger partial charge in [-0.1, -0.05) is 44.7 Å². The molecule has 146 valence electrons. The molecule has 2 aromatic heterocycles. The summed E-state index contributed by atoms with van der Waals surface area (Å²) in [6.07, 6.45) is 13.9. The number of rotatable bonds is 5. The van der Waals surface area contributed by atoms with Crippen molar-refractivity contribution in [1.82, 2.24) is 9.55 Å². The highest BCUT2D eigenvalue weighted by atomic mass is 16.5. The number of aryl methyl sites for hydroxylation is 1. The van der Waals surface area contributed by atoms with E-state index in [1.54, 1.807) is 0 Å². The third-order valence-corrected chi connectivity index (χ3v) is 5.27. The van der Waals surface area contributed by atoms with E-state index < -0.39 is 0 Å². The number of benzene rings is 1. The number of ether oxygens (including phenoxy) is 1. The second-order valence-electron chi connectivity index (χ2n) is 6.90. The van der Waals surface area contributed by atoms with Crippen LogP contribution in [0.25, 0.3) is 27.4 Å². The largest absolute Gasteiger partial charge is 0.491 e. The van der Waals surface area contributed by atoms with E-state index in [1.165, 1.54) is 33.8 Å². The van der Waals surface area contributed by atoms with E-state index in [4.69, 9.17) is 4.74 Å². The molecule has 2 heterocycles. The first-order chi connectivity index (χ1) is 13.7. The lowest BCUT2D eigenvalue weighted by molar-refractivity contribution is 0.0599. The molecule has 28 heavy (non-hydrogen) atoms. The molecule has 0 unspecified atom stereocenters. The molecular formula is C25H30N2O. The van der Waals surface area contributed by atoms with Gasteiger partial charge in [0.1, 0.15) is 5.76 Å². The van der Waals surface area contributed by atoms with Crippen molar-refractivity contribution >= 4 is 27.4 Å². The maximum atomic E-state index is 5.83. The van der Waals surface area contributed by atoms with Gasteiger partial charge in [0, 0.05) is 35.7 Å². The molecule has 1 aromatic carbocycles. The minimum atomic E-state index is 0.363. The molecule has 0 N–H and O–H groups in total. The molecule has 3 heteroatoms. The van der Waals surface area contributed by atoms with Crippen LogP contribution < -0.4 is 0 Å². The van der Waals surface area contributed by atoms with Gasteiger partial charge in [-0.2, -0.15) is 0 Å². The minimum Gasteiger partial charge on any atom is -0.491 e. The van der Waals surface area contributed by atoms with Crippen LogP contribution >= 0.6 is 0 Å². The van der Waals surface area contributed by atoms with Gasteiger partial charge in [-0.15, -0.1) is 0 Å². The quantitative estimate of drug-likeness (QED) is 0.363. The first-order valence-corrected chi connectivity index (χ1v) is 10.2. The van der Waals surface area contributed by atoms with Crippen LogP contribution in [-0.4, -0.2) is 15.7 Å². The lowest BCUT2D eigenvalue weighted by Crippen LogP contribution is -2.20. The molecule has 3 aromatic rings. The summed E-state index contributed by atoms with van der Waals surface area (Å²) in [4.78, 5) is 4.27. The second kappa shape index (κ2) is 8.92. The maximum Gasteiger partial charge on any atom is 0.112 e. The zero-order valence-electron chi connectivity index (χ0n) is 17.4. The molecule has 4 rings (SSSR count). The molecule has 0 radical (unpaired) electrons. The van der Waals surface area contributed by atoms with E-state index in [9.17, 15) is 0 Å². The predicted molar refractivity (Wildman–Crippen MR) is 120 cm³/mol. The van der Waals surface area contributed by atoms with E-state index in [0.717, 1.165) is 24.2 Å². The standard InChI is InChI=1S/C23H24N2O.C2H6/c1-4-17(9-8-16(2)26-19-6-5-7-19)18-10-11-20-21-15-24-13-12-22(21)25(3)23(20)14-18;1-2/h4,8-15,19H,2,5-7H2,1,3H3;1-2H3/b9-8-,17-4+;. The summed E-state index contributed by atoms with van der Waals surface area (Å²) in [7, 11) is 2.11. The molecule has 1 aliphatic carbocycles. The van der Waals surface area contributed by atoms with Crippen molar-refractivity contribution in [2.24, 2.45) is 7.05 Å². The molecular weight excluding hydrogens is 344 g/mol. The molecule has 0 bridgehead atoms. The number of nitrogens with zero attached hydrogens (tertiary/aromatic N) is 2. The van der Waals surface area contributed by atoms with Gasteiger partial charge in [-0.3, -0.25) is 4.98 Å². The molecule has 1 fully saturated rings. The van der Waals surface area contributed by atoms with E-state index >= 15 is 0 Å². The van der Waals surface area contributed by atoms with Crippen LogP contribution in [0.3, 0.4) is 0 Å². The number of pyridine rings is 1. The summed E-state index contributed by atoms with van der Waals surface area (Å²) in [6.45, 7) is 10.1. The Bertz CT molecular complexity index is 1040. The zero-order valence-corrected chi connectivity index (χ0v) is 17.4. The lowest BCUT2D eigenvalue weighted by Gasteiger charge is -2.26. The number of fused-ring (bicyclic) bond motifs is 3. The summed E-state index contributed by atoms with van der Waals surface area (Å²) in [5, 5.41) is 2.42. The highest BCUT2D eigenvalue weighted by Gasteiger charge is 2.18. The summed E-state index contributed by atoms with van der Waals surface area (Å²) in [5.74, 6) is 0.741. The predicted octanol–water partition coefficient (Wildman–Crippen LogP) is 6.80. The van der Waals surface area contributed by atoms with Crippen LogP contribution in [0.4, 0.5) is 0 Å². The van der Waals surface area contributed by atoms with Gasteiger partial charge in [0.05, 0.1) is 11.6 Å². The molecule has 0 atom stereocenters. The fraction of sp³-hybridized carbons (Fsp3) is 0.320. The highest BCUT2D eigenvalue weighted by molar-refractivity contribution is 6.08. The van der Waals surface area contributed by atoms with Crippen LogP contribution in [0.2, 0.25) is 0 Å². The Balaban J connectivity index is 0.00000109. The second-order valence-corrected chi connectivity index (χ2v) is 6.90. The number of hydrogen-bond acceptors (Lipinski definition) is 2. The SMILES string of the molecule is C=C(/C=C\C(=C/C)c1ccc2c3cnccc3n(C)c2c1)OC1CCC1.CC. The van der Waals surface area contributed by atoms with E-state index in [0.29, 0.717) is 6.10 Å². The maximum absolute atomic E-state index is 5.83. The molecule has 0 amide bonds. The van der Waals surface area contributed by atoms with E-state index in [-0.39, 0.29) is 0 Å². The summed E-state index contributed by atoms with van der Waals surface area (Å²) < 4.78 is 8.05. The molecule has 0 aliphatic heterocycles. The van der Waals surface area contributed by atoms with Crippen molar-refractivity contribution in [2.75, 3.05) is 0 Å². The molecule has 0 spiro atoms. The van der Waals surface area contributed by atoms with Gasteiger partial charge in [-0.25, -0.2) is 0 Å². The van der Waals surface area contributed by atoms with E-state index in [1.807, 2.05) is 32.3 Å². The van der Waals surface area contributed by atoms with Crippen molar-refractivity contribution in [1.29, 1.82) is 0 Å². The Labute approximate surface area is 168 Å². The number of allylic oxidation sites excluding steroid dienone is 4. The fourth-order valence-corrected chi connectivity index (χ4v) is 3.52. The summed E-state index contributed by atoms with van der Waals surface area (Å²) in [5.41, 5.74) is 4.76. The van der Waals surface area contributed by atoms with Gasteiger partial charge in [0.25, 0.3) is 0 Å². The summed E-state index contributed by atoms with van der Waals surface area (Å²) >= 11 is 0. The van der Waals surface area contributed by atoms with Crippen LogP contribution in [0.5, 0.6) is 0 Å². The van der Waals surface area contributed by atoms with Crippen molar-refractivity contribution in [2.45, 2.75) is 46.1 Å². The average Bonchev–Trinajstić information content (AvgIpc) is 2.99. The number of aromatic nitrogens is 2. The topological polar surface area (TPSA) is 27.1 Å². The Morgan fingerprint density at radius 1 is 1.14 bits per heavy atom. The molecule has 1 saturated carbocycles. The first kappa shape index (κ1) is 19.9. The van der Waals surface area contributed by atoms with Gasteiger partial charge in [-0.05, 0) is 55.5 Å². The van der Waals surface area contributed by atoms with Crippen LogP contribution in [0.1, 0.15) is 45.6 Å². The molecule has 1 aliphatic rings. The van der Waals surface area contributed by atoms with Crippen LogP contribution in [0.15, 0.2) is 67.2 Å². The Morgan fingerprint density at radius 2 is 1.93 bits per heavy atom. The van der Waals surface area contributed by atoms with Gasteiger partial charge in [0.15, 0.2) is 0 Å². The van der Waals surface area contributed by atoms with Crippen molar-refractivity contribution in [3.63, 3.8) is 0 Å². The highest BCUT2D eigenvalue weighted by Crippen LogP contribution is 2.30. The lowest BCUT2D eigenvalue weighted by atomic mass is 9.96. The molecule has 3 nitrogen and oxygen atoms in total. The monoisotopic (exact) mass is 374 g/mol. The van der Waals surface area contributed by atoms with E-state index in [2.05, 4.69) is 66.5 Å². The Kier molecular flexibility index (Phi) is 6.35. The normalized spacial score (nSPS) is 14.8. The zero-order chi connectivity index (χ0) is 20.1. The van der Waals surface area contributed by atoms with Crippen LogP contribution in [-0.2, 0) is 11.8 Å². The van der Waals surface area contributed by atoms with Crippen molar-refractivity contribution < 1.29 is 4.74 Å². The third kappa shape index (κ3) is 3.89. The third-order valence-electron chi connectivity index (χ3n) is 5.27. The van der Waals surface area contributed by atoms with Crippen LogP contribution in [0, 0.1) is 0 Å². The number of hydrogen-bond donors (Lipinski definition) is 0. The van der Waals surface area contributed by atoms with Crippen molar-refractivity contribution in [3.05, 3.63) is 72.8 Å². The average molecular weight is 375 g/mol. The van der Waals surface area contributed by atoms with Gasteiger partial charge in [0.2, 0.25) is 0 Å². The fourth-order valence-electron chi connectivity index (χ4n) is 3.52. The first-order valence-electron chi connectivity index (χ1n) is 10.2. The van der Waals surface area contributed by atoms with Gasteiger partial charge >= 0.3 is 0 Å².